The number of nitrogens with one attached hydrogen (secondary N) is 1. The van der Waals surface area contributed by atoms with Crippen molar-refractivity contribution < 1.29 is 4.79 Å². The summed E-state index contributed by atoms with van der Waals surface area (Å²) < 4.78 is 1.75. The van der Waals surface area contributed by atoms with Crippen molar-refractivity contribution in [2.75, 3.05) is 0 Å². The minimum absolute atomic E-state index is 0.109. The SMILES string of the molecule is Cn1cc(-c2cccc(CNC(=O)CC#N)c2)cn1. The summed E-state index contributed by atoms with van der Waals surface area (Å²) in [6, 6.07) is 9.70. The fourth-order valence-corrected chi connectivity index (χ4v) is 1.77. The third-order valence-electron chi connectivity index (χ3n) is 2.69. The molecule has 0 aliphatic carbocycles. The number of carbonyl (C=O) groups excluding carboxylic acids is 1. The first-order valence-electron chi connectivity index (χ1n) is 5.90. The number of carbonyl (C=O) groups is 1. The zero-order valence-electron chi connectivity index (χ0n) is 10.6. The lowest BCUT2D eigenvalue weighted by Gasteiger charge is -2.05. The lowest BCUT2D eigenvalue weighted by atomic mass is 10.1. The summed E-state index contributed by atoms with van der Waals surface area (Å²) >= 11 is 0. The molecule has 0 saturated carbocycles. The van der Waals surface area contributed by atoms with E-state index in [9.17, 15) is 4.79 Å². The summed E-state index contributed by atoms with van der Waals surface area (Å²) in [6.07, 6.45) is 3.63. The molecule has 1 aromatic carbocycles. The van der Waals surface area contributed by atoms with E-state index in [4.69, 9.17) is 5.26 Å². The molecule has 96 valence electrons. The van der Waals surface area contributed by atoms with Crippen molar-refractivity contribution in [2.24, 2.45) is 7.05 Å². The average molecular weight is 254 g/mol. The van der Waals surface area contributed by atoms with Gasteiger partial charge >= 0.3 is 0 Å². The molecule has 5 heteroatoms. The quantitative estimate of drug-likeness (QED) is 0.901. The Hall–Kier alpha value is -2.61. The monoisotopic (exact) mass is 254 g/mol. The van der Waals surface area contributed by atoms with E-state index in [1.54, 1.807) is 10.9 Å². The van der Waals surface area contributed by atoms with Crippen LogP contribution in [0.15, 0.2) is 36.7 Å². The van der Waals surface area contributed by atoms with Crippen molar-refractivity contribution in [3.05, 3.63) is 42.2 Å². The van der Waals surface area contributed by atoms with Gasteiger partial charge in [-0.15, -0.1) is 0 Å². The Morgan fingerprint density at radius 1 is 1.47 bits per heavy atom. The molecular formula is C14H14N4O. The Morgan fingerprint density at radius 3 is 3.00 bits per heavy atom. The van der Waals surface area contributed by atoms with Gasteiger partial charge in [-0.1, -0.05) is 18.2 Å². The first-order chi connectivity index (χ1) is 9.19. The molecule has 0 aliphatic rings. The highest BCUT2D eigenvalue weighted by Gasteiger charge is 2.03. The van der Waals surface area contributed by atoms with Crippen LogP contribution in [0.3, 0.4) is 0 Å². The standard InChI is InChI=1S/C14H14N4O/c1-18-10-13(9-17-18)12-4-2-3-11(7-12)8-16-14(19)5-6-15/h2-4,7,9-10H,5,8H2,1H3,(H,16,19). The van der Waals surface area contributed by atoms with Crippen molar-refractivity contribution in [2.45, 2.75) is 13.0 Å². The Morgan fingerprint density at radius 2 is 2.32 bits per heavy atom. The highest BCUT2D eigenvalue weighted by molar-refractivity contribution is 5.78. The number of hydrogen-bond donors (Lipinski definition) is 1. The molecule has 1 N–H and O–H groups in total. The fourth-order valence-electron chi connectivity index (χ4n) is 1.77. The second-order valence-corrected chi connectivity index (χ2v) is 4.21. The van der Waals surface area contributed by atoms with E-state index in [-0.39, 0.29) is 12.3 Å². The van der Waals surface area contributed by atoms with Crippen molar-refractivity contribution in [1.82, 2.24) is 15.1 Å². The van der Waals surface area contributed by atoms with Crippen LogP contribution in [0.1, 0.15) is 12.0 Å². The maximum absolute atomic E-state index is 11.2. The molecule has 5 nitrogen and oxygen atoms in total. The number of amides is 1. The lowest BCUT2D eigenvalue weighted by Crippen LogP contribution is -2.21. The maximum atomic E-state index is 11.2. The minimum Gasteiger partial charge on any atom is -0.351 e. The van der Waals surface area contributed by atoms with E-state index >= 15 is 0 Å². The van der Waals surface area contributed by atoms with E-state index in [1.165, 1.54) is 0 Å². The van der Waals surface area contributed by atoms with Gasteiger partial charge in [0.2, 0.25) is 5.91 Å². The van der Waals surface area contributed by atoms with Gasteiger partial charge in [-0.3, -0.25) is 9.48 Å². The fraction of sp³-hybridized carbons (Fsp3) is 0.214. The van der Waals surface area contributed by atoms with Crippen LogP contribution < -0.4 is 5.32 Å². The number of hydrogen-bond acceptors (Lipinski definition) is 3. The highest BCUT2D eigenvalue weighted by atomic mass is 16.1. The average Bonchev–Trinajstić information content (AvgIpc) is 2.84. The highest BCUT2D eigenvalue weighted by Crippen LogP contribution is 2.19. The Bertz CT molecular complexity index is 624. The molecule has 2 rings (SSSR count). The lowest BCUT2D eigenvalue weighted by molar-refractivity contribution is -0.120. The Balaban J connectivity index is 2.08. The van der Waals surface area contributed by atoms with Gasteiger partial charge in [-0.2, -0.15) is 10.4 Å². The third kappa shape index (κ3) is 3.42. The molecule has 0 spiro atoms. The summed E-state index contributed by atoms with van der Waals surface area (Å²) in [4.78, 5) is 11.2. The molecule has 1 amide bonds. The molecule has 0 aliphatic heterocycles. The molecule has 0 atom stereocenters. The summed E-state index contributed by atoms with van der Waals surface area (Å²) in [7, 11) is 1.87. The van der Waals surface area contributed by atoms with Crippen LogP contribution in [0.5, 0.6) is 0 Å². The van der Waals surface area contributed by atoms with Crippen LogP contribution in [0, 0.1) is 11.3 Å². The zero-order valence-corrected chi connectivity index (χ0v) is 10.6. The molecule has 19 heavy (non-hydrogen) atoms. The Labute approximate surface area is 111 Å². The van der Waals surface area contributed by atoms with E-state index in [0.29, 0.717) is 6.54 Å². The van der Waals surface area contributed by atoms with Crippen LogP contribution >= 0.6 is 0 Å². The number of benzene rings is 1. The van der Waals surface area contributed by atoms with Crippen LogP contribution in [0.2, 0.25) is 0 Å². The van der Waals surface area contributed by atoms with Gasteiger partial charge in [0.1, 0.15) is 6.42 Å². The van der Waals surface area contributed by atoms with Gasteiger partial charge in [0.05, 0.1) is 12.3 Å². The predicted molar refractivity (Wildman–Crippen MR) is 70.7 cm³/mol. The molecule has 1 heterocycles. The normalized spacial score (nSPS) is 9.89. The van der Waals surface area contributed by atoms with Crippen LogP contribution in [0.25, 0.3) is 11.1 Å². The van der Waals surface area contributed by atoms with Crippen LogP contribution in [0.4, 0.5) is 0 Å². The molecule has 1 aromatic heterocycles. The molecule has 0 radical (unpaired) electrons. The smallest absolute Gasteiger partial charge is 0.234 e. The number of aromatic nitrogens is 2. The van der Waals surface area contributed by atoms with Crippen molar-refractivity contribution >= 4 is 5.91 Å². The van der Waals surface area contributed by atoms with Crippen molar-refractivity contribution in [3.8, 4) is 17.2 Å². The first kappa shape index (κ1) is 12.8. The van der Waals surface area contributed by atoms with Gasteiger partial charge < -0.3 is 5.32 Å². The maximum Gasteiger partial charge on any atom is 0.234 e. The third-order valence-corrected chi connectivity index (χ3v) is 2.69. The molecule has 0 bridgehead atoms. The van der Waals surface area contributed by atoms with Crippen molar-refractivity contribution in [1.29, 1.82) is 5.26 Å². The first-order valence-corrected chi connectivity index (χ1v) is 5.90. The Kier molecular flexibility index (Phi) is 3.94. The van der Waals surface area contributed by atoms with E-state index < -0.39 is 0 Å². The number of nitriles is 1. The van der Waals surface area contributed by atoms with Gasteiger partial charge in [-0.05, 0) is 17.2 Å². The molecule has 0 fully saturated rings. The van der Waals surface area contributed by atoms with Crippen molar-refractivity contribution in [3.63, 3.8) is 0 Å². The number of rotatable bonds is 4. The summed E-state index contributed by atoms with van der Waals surface area (Å²) in [5.74, 6) is -0.255. The summed E-state index contributed by atoms with van der Waals surface area (Å²) in [6.45, 7) is 0.425. The zero-order chi connectivity index (χ0) is 13.7. The van der Waals surface area contributed by atoms with Crippen LogP contribution in [-0.2, 0) is 18.4 Å². The van der Waals surface area contributed by atoms with Gasteiger partial charge in [0.25, 0.3) is 0 Å². The van der Waals surface area contributed by atoms with E-state index in [0.717, 1.165) is 16.7 Å². The van der Waals surface area contributed by atoms with Gasteiger partial charge in [0, 0.05) is 25.4 Å². The largest absolute Gasteiger partial charge is 0.351 e. The molecule has 0 unspecified atom stereocenters. The van der Waals surface area contributed by atoms with Gasteiger partial charge in [-0.25, -0.2) is 0 Å². The van der Waals surface area contributed by atoms with Crippen LogP contribution in [-0.4, -0.2) is 15.7 Å². The molecular weight excluding hydrogens is 240 g/mol. The summed E-state index contributed by atoms with van der Waals surface area (Å²) in [5.41, 5.74) is 3.08. The van der Waals surface area contributed by atoms with E-state index in [2.05, 4.69) is 10.4 Å². The minimum atomic E-state index is -0.255. The summed E-state index contributed by atoms with van der Waals surface area (Å²) in [5, 5.41) is 15.2. The number of nitrogens with zero attached hydrogens (tertiary/aromatic N) is 3. The second kappa shape index (κ2) is 5.83. The molecule has 2 aromatic rings. The number of aryl methyl sites for hydroxylation is 1. The topological polar surface area (TPSA) is 70.7 Å². The second-order valence-electron chi connectivity index (χ2n) is 4.21. The predicted octanol–water partition coefficient (Wildman–Crippen LogP) is 1.62. The van der Waals surface area contributed by atoms with E-state index in [1.807, 2.05) is 43.6 Å². The molecule has 0 saturated heterocycles. The van der Waals surface area contributed by atoms with Gasteiger partial charge in [0.15, 0.2) is 0 Å².